The van der Waals surface area contributed by atoms with E-state index >= 15 is 0 Å². The lowest BCUT2D eigenvalue weighted by atomic mass is 9.75. The Morgan fingerprint density at radius 2 is 1.72 bits per heavy atom. The van der Waals surface area contributed by atoms with Gasteiger partial charge >= 0.3 is 5.97 Å². The van der Waals surface area contributed by atoms with E-state index < -0.39 is 11.6 Å². The van der Waals surface area contributed by atoms with Gasteiger partial charge in [0.05, 0.1) is 11.1 Å². The molecule has 0 aromatic heterocycles. The predicted molar refractivity (Wildman–Crippen MR) is 107 cm³/mol. The molecule has 0 radical (unpaired) electrons. The first-order valence-electron chi connectivity index (χ1n) is 9.75. The SMILES string of the molecule is CCCCc1cc(O)cc2c1C1(OC(=O)c3ccccc31)c1ccc(O)cc1O2. The Bertz CT molecular complexity index is 1150. The number of hydrogen-bond donors (Lipinski definition) is 2. The number of esters is 1. The number of fused-ring (bicyclic) bond motifs is 6. The Labute approximate surface area is 168 Å². The van der Waals surface area contributed by atoms with Gasteiger partial charge in [-0.15, -0.1) is 0 Å². The normalized spacial score (nSPS) is 18.6. The van der Waals surface area contributed by atoms with Crippen LogP contribution >= 0.6 is 0 Å². The molecule has 0 fully saturated rings. The first-order valence-corrected chi connectivity index (χ1v) is 9.75. The number of phenols is 2. The van der Waals surface area contributed by atoms with Crippen LogP contribution in [0.5, 0.6) is 23.0 Å². The van der Waals surface area contributed by atoms with Crippen LogP contribution in [0.15, 0.2) is 54.6 Å². The number of aryl methyl sites for hydroxylation is 1. The van der Waals surface area contributed by atoms with E-state index in [1.807, 2.05) is 18.2 Å². The molecule has 1 atom stereocenters. The first kappa shape index (κ1) is 17.6. The molecule has 2 heterocycles. The third kappa shape index (κ3) is 2.43. The first-order chi connectivity index (χ1) is 14.0. The molecule has 0 aliphatic carbocycles. The molecular formula is C24H20O5. The van der Waals surface area contributed by atoms with E-state index in [4.69, 9.17) is 9.47 Å². The number of carbonyl (C=O) groups is 1. The van der Waals surface area contributed by atoms with Crippen molar-refractivity contribution in [2.45, 2.75) is 31.8 Å². The number of unbranched alkanes of at least 4 members (excludes halogenated alkanes) is 1. The van der Waals surface area contributed by atoms with Gasteiger partial charge in [0.25, 0.3) is 0 Å². The second-order valence-electron chi connectivity index (χ2n) is 7.48. The largest absolute Gasteiger partial charge is 0.508 e. The number of hydrogen-bond acceptors (Lipinski definition) is 5. The Morgan fingerprint density at radius 1 is 0.931 bits per heavy atom. The fourth-order valence-electron chi connectivity index (χ4n) is 4.44. The zero-order chi connectivity index (χ0) is 20.2. The van der Waals surface area contributed by atoms with Gasteiger partial charge in [-0.1, -0.05) is 31.5 Å². The van der Waals surface area contributed by atoms with E-state index in [2.05, 4.69) is 6.92 Å². The Kier molecular flexibility index (Phi) is 3.81. The van der Waals surface area contributed by atoms with Crippen LogP contribution in [0.4, 0.5) is 0 Å². The predicted octanol–water partition coefficient (Wildman–Crippen LogP) is 5.01. The van der Waals surface area contributed by atoms with Crippen molar-refractivity contribution < 1.29 is 24.5 Å². The van der Waals surface area contributed by atoms with Crippen molar-refractivity contribution in [1.29, 1.82) is 0 Å². The lowest BCUT2D eigenvalue weighted by molar-refractivity contribution is 0.0221. The molecule has 2 N–H and O–H groups in total. The summed E-state index contributed by atoms with van der Waals surface area (Å²) in [6.45, 7) is 2.10. The van der Waals surface area contributed by atoms with Gasteiger partial charge < -0.3 is 19.7 Å². The minimum atomic E-state index is -1.18. The zero-order valence-electron chi connectivity index (χ0n) is 15.9. The number of carbonyl (C=O) groups excluding carboxylic acids is 1. The molecule has 0 saturated carbocycles. The molecule has 5 nitrogen and oxygen atoms in total. The average Bonchev–Trinajstić information content (AvgIpc) is 2.99. The van der Waals surface area contributed by atoms with Gasteiger partial charge in [0, 0.05) is 23.3 Å². The second-order valence-corrected chi connectivity index (χ2v) is 7.48. The molecular weight excluding hydrogens is 368 g/mol. The molecule has 5 rings (SSSR count). The summed E-state index contributed by atoms with van der Waals surface area (Å²) in [5, 5.41) is 20.3. The summed E-state index contributed by atoms with van der Waals surface area (Å²) in [6.07, 6.45) is 2.62. The molecule has 1 unspecified atom stereocenters. The molecule has 1 spiro atoms. The maximum Gasteiger partial charge on any atom is 0.340 e. The maximum absolute atomic E-state index is 12.9. The Hall–Kier alpha value is -3.47. The summed E-state index contributed by atoms with van der Waals surface area (Å²) in [6, 6.07) is 15.4. The number of aromatic hydroxyl groups is 2. The number of phenolic OH excluding ortho intramolecular Hbond substituents is 2. The van der Waals surface area contributed by atoms with Crippen LogP contribution < -0.4 is 4.74 Å². The van der Waals surface area contributed by atoms with Crippen LogP contribution in [0.2, 0.25) is 0 Å². The van der Waals surface area contributed by atoms with Gasteiger partial charge in [-0.05, 0) is 42.7 Å². The standard InChI is InChI=1S/C24H20O5/c1-2-3-6-14-11-16(26)13-21-22(14)24(19-10-9-15(25)12-20(19)28-21)18-8-5-4-7-17(18)23(27)29-24/h4-5,7-13,25-26H,2-3,6H2,1H3. The number of rotatable bonds is 3. The highest BCUT2D eigenvalue weighted by molar-refractivity contribution is 5.97. The van der Waals surface area contributed by atoms with Crippen LogP contribution in [-0.4, -0.2) is 16.2 Å². The van der Waals surface area contributed by atoms with Crippen molar-refractivity contribution >= 4 is 5.97 Å². The Balaban J connectivity index is 1.88. The molecule has 146 valence electrons. The second kappa shape index (κ2) is 6.27. The molecule has 29 heavy (non-hydrogen) atoms. The van der Waals surface area contributed by atoms with Gasteiger partial charge in [-0.25, -0.2) is 4.79 Å². The third-order valence-electron chi connectivity index (χ3n) is 5.66. The molecule has 2 aliphatic heterocycles. The lowest BCUT2D eigenvalue weighted by Crippen LogP contribution is -2.34. The lowest BCUT2D eigenvalue weighted by Gasteiger charge is -2.38. The molecule has 5 heteroatoms. The van der Waals surface area contributed by atoms with E-state index in [0.717, 1.165) is 29.5 Å². The highest BCUT2D eigenvalue weighted by Gasteiger charge is 2.54. The van der Waals surface area contributed by atoms with Crippen LogP contribution in [-0.2, 0) is 16.8 Å². The minimum absolute atomic E-state index is 0.0475. The Morgan fingerprint density at radius 3 is 2.55 bits per heavy atom. The van der Waals surface area contributed by atoms with Gasteiger partial charge in [-0.3, -0.25) is 0 Å². The van der Waals surface area contributed by atoms with Gasteiger partial charge in [-0.2, -0.15) is 0 Å². The van der Waals surface area contributed by atoms with Crippen LogP contribution in [0.3, 0.4) is 0 Å². The summed E-state index contributed by atoms with van der Waals surface area (Å²) in [5.74, 6) is 0.562. The summed E-state index contributed by atoms with van der Waals surface area (Å²) in [5.41, 5.74) is 2.34. The van der Waals surface area contributed by atoms with Gasteiger partial charge in [0.1, 0.15) is 23.0 Å². The summed E-state index contributed by atoms with van der Waals surface area (Å²) >= 11 is 0. The van der Waals surface area contributed by atoms with E-state index in [1.165, 1.54) is 12.1 Å². The average molecular weight is 388 g/mol. The fraction of sp³-hybridized carbons (Fsp3) is 0.208. The maximum atomic E-state index is 12.9. The number of ether oxygens (including phenoxy) is 2. The smallest absolute Gasteiger partial charge is 0.340 e. The minimum Gasteiger partial charge on any atom is -0.508 e. The van der Waals surface area contributed by atoms with E-state index in [1.54, 1.807) is 24.3 Å². The van der Waals surface area contributed by atoms with Crippen molar-refractivity contribution in [2.24, 2.45) is 0 Å². The van der Waals surface area contributed by atoms with Crippen molar-refractivity contribution in [3.63, 3.8) is 0 Å². The summed E-state index contributed by atoms with van der Waals surface area (Å²) < 4.78 is 12.2. The van der Waals surface area contributed by atoms with Crippen molar-refractivity contribution in [3.05, 3.63) is 82.4 Å². The van der Waals surface area contributed by atoms with E-state index in [9.17, 15) is 15.0 Å². The van der Waals surface area contributed by atoms with Crippen LogP contribution in [0.25, 0.3) is 0 Å². The molecule has 0 amide bonds. The van der Waals surface area contributed by atoms with Crippen molar-refractivity contribution in [1.82, 2.24) is 0 Å². The highest BCUT2D eigenvalue weighted by atomic mass is 16.6. The van der Waals surface area contributed by atoms with E-state index in [0.29, 0.717) is 29.0 Å². The van der Waals surface area contributed by atoms with Crippen molar-refractivity contribution in [3.8, 4) is 23.0 Å². The van der Waals surface area contributed by atoms with Crippen LogP contribution in [0, 0.1) is 0 Å². The highest BCUT2D eigenvalue weighted by Crippen LogP contribution is 2.58. The molecule has 2 aliphatic rings. The topological polar surface area (TPSA) is 76.0 Å². The third-order valence-corrected chi connectivity index (χ3v) is 5.66. The fourth-order valence-corrected chi connectivity index (χ4v) is 4.44. The molecule has 0 saturated heterocycles. The van der Waals surface area contributed by atoms with Gasteiger partial charge in [0.2, 0.25) is 0 Å². The summed E-state index contributed by atoms with van der Waals surface area (Å²) in [7, 11) is 0. The van der Waals surface area contributed by atoms with Crippen molar-refractivity contribution in [2.75, 3.05) is 0 Å². The molecule has 3 aromatic rings. The zero-order valence-corrected chi connectivity index (χ0v) is 15.9. The number of benzene rings is 3. The quantitative estimate of drug-likeness (QED) is 0.617. The molecule has 3 aromatic carbocycles. The monoisotopic (exact) mass is 388 g/mol. The van der Waals surface area contributed by atoms with Gasteiger partial charge in [0.15, 0.2) is 5.60 Å². The molecule has 0 bridgehead atoms. The van der Waals surface area contributed by atoms with E-state index in [-0.39, 0.29) is 11.5 Å². The summed E-state index contributed by atoms with van der Waals surface area (Å²) in [4.78, 5) is 12.9. The van der Waals surface area contributed by atoms with Crippen LogP contribution in [0.1, 0.15) is 52.4 Å².